The topological polar surface area (TPSA) is 38.0 Å². The van der Waals surface area contributed by atoms with Gasteiger partial charge in [-0.05, 0) is 46.1 Å². The minimum absolute atomic E-state index is 0.345. The standard InChI is InChI=1S/C14H13BrClFN2/c1-8-5-6-9(12(16)7-8)14(19-18)10-3-2-4-11(15)13(10)17/h2-7,14,19H,18H2,1H3. The van der Waals surface area contributed by atoms with Gasteiger partial charge in [0.05, 0.1) is 10.5 Å². The monoisotopic (exact) mass is 342 g/mol. The predicted molar refractivity (Wildman–Crippen MR) is 79.5 cm³/mol. The predicted octanol–water partition coefficient (Wildman–Crippen LogP) is 4.10. The first-order valence-corrected chi connectivity index (χ1v) is 6.87. The van der Waals surface area contributed by atoms with Crippen LogP contribution in [0.5, 0.6) is 0 Å². The second-order valence-electron chi connectivity index (χ2n) is 4.27. The molecule has 0 spiro atoms. The Morgan fingerprint density at radius 1 is 1.26 bits per heavy atom. The molecule has 3 N–H and O–H groups in total. The minimum Gasteiger partial charge on any atom is -0.271 e. The lowest BCUT2D eigenvalue weighted by Gasteiger charge is -2.19. The van der Waals surface area contributed by atoms with Gasteiger partial charge in [0.1, 0.15) is 5.82 Å². The fraction of sp³-hybridized carbons (Fsp3) is 0.143. The van der Waals surface area contributed by atoms with Crippen molar-refractivity contribution in [1.82, 2.24) is 5.43 Å². The molecule has 0 fully saturated rings. The van der Waals surface area contributed by atoms with Crippen molar-refractivity contribution < 1.29 is 4.39 Å². The Labute approximate surface area is 124 Å². The van der Waals surface area contributed by atoms with Crippen LogP contribution in [0.2, 0.25) is 5.02 Å². The normalized spacial score (nSPS) is 12.5. The van der Waals surface area contributed by atoms with Gasteiger partial charge in [0, 0.05) is 10.6 Å². The van der Waals surface area contributed by atoms with Crippen LogP contribution >= 0.6 is 27.5 Å². The van der Waals surface area contributed by atoms with E-state index < -0.39 is 6.04 Å². The molecule has 1 atom stereocenters. The van der Waals surface area contributed by atoms with Crippen LogP contribution in [0.1, 0.15) is 22.7 Å². The van der Waals surface area contributed by atoms with Crippen molar-refractivity contribution in [3.05, 3.63) is 68.4 Å². The molecule has 0 radical (unpaired) electrons. The quantitative estimate of drug-likeness (QED) is 0.650. The fourth-order valence-electron chi connectivity index (χ4n) is 1.96. The molecule has 0 aliphatic rings. The fourth-order valence-corrected chi connectivity index (χ4v) is 2.68. The van der Waals surface area contributed by atoms with Crippen LogP contribution in [0.4, 0.5) is 4.39 Å². The van der Waals surface area contributed by atoms with E-state index in [2.05, 4.69) is 21.4 Å². The molecule has 2 rings (SSSR count). The number of halogens is 3. The van der Waals surface area contributed by atoms with Crippen LogP contribution < -0.4 is 11.3 Å². The average Bonchev–Trinajstić information content (AvgIpc) is 2.37. The van der Waals surface area contributed by atoms with Crippen molar-refractivity contribution in [2.45, 2.75) is 13.0 Å². The molecule has 0 bridgehead atoms. The molecule has 0 aromatic heterocycles. The van der Waals surface area contributed by atoms with Crippen molar-refractivity contribution >= 4 is 27.5 Å². The number of hydrogen-bond acceptors (Lipinski definition) is 2. The van der Waals surface area contributed by atoms with Crippen molar-refractivity contribution in [2.75, 3.05) is 0 Å². The molecule has 2 aromatic rings. The number of benzene rings is 2. The van der Waals surface area contributed by atoms with Crippen LogP contribution in [0, 0.1) is 12.7 Å². The summed E-state index contributed by atoms with van der Waals surface area (Å²) in [5, 5.41) is 0.558. The molecule has 0 aliphatic heterocycles. The third kappa shape index (κ3) is 2.98. The van der Waals surface area contributed by atoms with Crippen LogP contribution in [0.3, 0.4) is 0 Å². The zero-order valence-electron chi connectivity index (χ0n) is 10.3. The van der Waals surface area contributed by atoms with Crippen LogP contribution in [0.25, 0.3) is 0 Å². The highest BCUT2D eigenvalue weighted by molar-refractivity contribution is 9.10. The Morgan fingerprint density at radius 3 is 2.63 bits per heavy atom. The maximum absolute atomic E-state index is 14.1. The lowest BCUT2D eigenvalue weighted by molar-refractivity contribution is 0.556. The summed E-state index contributed by atoms with van der Waals surface area (Å²) >= 11 is 9.38. The van der Waals surface area contributed by atoms with Crippen LogP contribution in [-0.4, -0.2) is 0 Å². The van der Waals surface area contributed by atoms with Gasteiger partial charge in [-0.3, -0.25) is 5.84 Å². The Balaban J connectivity index is 2.53. The van der Waals surface area contributed by atoms with Gasteiger partial charge in [-0.25, -0.2) is 9.82 Å². The second-order valence-corrected chi connectivity index (χ2v) is 5.53. The number of nitrogens with one attached hydrogen (secondary N) is 1. The van der Waals surface area contributed by atoms with E-state index in [4.69, 9.17) is 17.4 Å². The SMILES string of the molecule is Cc1ccc(C(NN)c2cccc(Br)c2F)c(Cl)c1. The Bertz CT molecular complexity index is 604. The smallest absolute Gasteiger partial charge is 0.142 e. The Morgan fingerprint density at radius 2 is 2.00 bits per heavy atom. The lowest BCUT2D eigenvalue weighted by Crippen LogP contribution is -2.29. The molecule has 0 heterocycles. The second kappa shape index (κ2) is 6.01. The van der Waals surface area contributed by atoms with E-state index in [9.17, 15) is 4.39 Å². The van der Waals surface area contributed by atoms with Gasteiger partial charge < -0.3 is 0 Å². The molecule has 100 valence electrons. The third-order valence-electron chi connectivity index (χ3n) is 2.93. The third-order valence-corrected chi connectivity index (χ3v) is 3.87. The van der Waals surface area contributed by atoms with Crippen molar-refractivity contribution in [3.8, 4) is 0 Å². The molecule has 1 unspecified atom stereocenters. The molecule has 0 saturated heterocycles. The summed E-state index contributed by atoms with van der Waals surface area (Å²) in [4.78, 5) is 0. The highest BCUT2D eigenvalue weighted by atomic mass is 79.9. The van der Waals surface area contributed by atoms with Gasteiger partial charge in [-0.2, -0.15) is 0 Å². The number of rotatable bonds is 3. The first kappa shape index (κ1) is 14.5. The number of hydrogen-bond donors (Lipinski definition) is 2. The van der Waals surface area contributed by atoms with Gasteiger partial charge in [-0.15, -0.1) is 0 Å². The molecule has 0 aliphatic carbocycles. The molecular formula is C14H13BrClFN2. The van der Waals surface area contributed by atoms with E-state index in [1.165, 1.54) is 0 Å². The number of nitrogens with two attached hydrogens (primary N) is 1. The Kier molecular flexibility index (Phi) is 4.58. The van der Waals surface area contributed by atoms with Gasteiger partial charge in [0.2, 0.25) is 0 Å². The number of aryl methyl sites for hydroxylation is 1. The molecule has 5 heteroatoms. The van der Waals surface area contributed by atoms with Gasteiger partial charge in [-0.1, -0.05) is 35.9 Å². The number of hydrazine groups is 1. The van der Waals surface area contributed by atoms with Gasteiger partial charge >= 0.3 is 0 Å². The zero-order chi connectivity index (χ0) is 14.0. The highest BCUT2D eigenvalue weighted by Crippen LogP contribution is 2.32. The van der Waals surface area contributed by atoms with Gasteiger partial charge in [0.25, 0.3) is 0 Å². The average molecular weight is 344 g/mol. The summed E-state index contributed by atoms with van der Waals surface area (Å²) in [6, 6.07) is 10.2. The largest absolute Gasteiger partial charge is 0.271 e. The van der Waals surface area contributed by atoms with E-state index in [0.717, 1.165) is 11.1 Å². The van der Waals surface area contributed by atoms with Crippen molar-refractivity contribution in [3.63, 3.8) is 0 Å². The van der Waals surface area contributed by atoms with Crippen molar-refractivity contribution in [1.29, 1.82) is 0 Å². The first-order valence-electron chi connectivity index (χ1n) is 5.70. The maximum atomic E-state index is 14.1. The van der Waals surface area contributed by atoms with Crippen LogP contribution in [-0.2, 0) is 0 Å². The lowest BCUT2D eigenvalue weighted by atomic mass is 9.98. The molecule has 0 amide bonds. The summed E-state index contributed by atoms with van der Waals surface area (Å²) in [5.74, 6) is 5.23. The van der Waals surface area contributed by atoms with E-state index in [1.807, 2.05) is 25.1 Å². The van der Waals surface area contributed by atoms with E-state index in [0.29, 0.717) is 15.1 Å². The maximum Gasteiger partial charge on any atom is 0.142 e. The molecular weight excluding hydrogens is 331 g/mol. The summed E-state index contributed by atoms with van der Waals surface area (Å²) in [6.07, 6.45) is 0. The summed E-state index contributed by atoms with van der Waals surface area (Å²) < 4.78 is 14.5. The first-order chi connectivity index (χ1) is 9.04. The van der Waals surface area contributed by atoms with E-state index >= 15 is 0 Å². The highest BCUT2D eigenvalue weighted by Gasteiger charge is 2.20. The molecule has 2 nitrogen and oxygen atoms in total. The molecule has 2 aromatic carbocycles. The van der Waals surface area contributed by atoms with Crippen molar-refractivity contribution in [2.24, 2.45) is 5.84 Å². The summed E-state index contributed by atoms with van der Waals surface area (Å²) in [5.41, 5.74) is 4.85. The summed E-state index contributed by atoms with van der Waals surface area (Å²) in [6.45, 7) is 1.94. The molecule has 0 saturated carbocycles. The minimum atomic E-state index is -0.495. The van der Waals surface area contributed by atoms with Crippen LogP contribution in [0.15, 0.2) is 40.9 Å². The van der Waals surface area contributed by atoms with E-state index in [1.54, 1.807) is 18.2 Å². The zero-order valence-corrected chi connectivity index (χ0v) is 12.6. The Hall–Kier alpha value is -0.940. The van der Waals surface area contributed by atoms with E-state index in [-0.39, 0.29) is 5.82 Å². The molecule has 19 heavy (non-hydrogen) atoms. The van der Waals surface area contributed by atoms with Gasteiger partial charge in [0.15, 0.2) is 0 Å². The summed E-state index contributed by atoms with van der Waals surface area (Å²) in [7, 11) is 0.